The molecule has 4 heteroatoms. The number of amides is 1. The number of para-hydroxylation sites is 1. The lowest BCUT2D eigenvalue weighted by atomic mass is 9.68. The van der Waals surface area contributed by atoms with Crippen LogP contribution in [0.3, 0.4) is 0 Å². The van der Waals surface area contributed by atoms with Gasteiger partial charge in [0.2, 0.25) is 0 Å². The summed E-state index contributed by atoms with van der Waals surface area (Å²) in [5.74, 6) is 1.12. The molecule has 2 bridgehead atoms. The van der Waals surface area contributed by atoms with E-state index in [0.29, 0.717) is 18.4 Å². The third-order valence-electron chi connectivity index (χ3n) is 6.59. The van der Waals surface area contributed by atoms with Crippen LogP contribution in [0.25, 0.3) is 10.9 Å². The largest absolute Gasteiger partial charge is 0.445 e. The molecule has 0 radical (unpaired) electrons. The zero-order chi connectivity index (χ0) is 19.1. The zero-order valence-corrected chi connectivity index (χ0v) is 16.2. The van der Waals surface area contributed by atoms with Gasteiger partial charge in [-0.25, -0.2) is 4.79 Å². The van der Waals surface area contributed by atoms with Crippen molar-refractivity contribution in [2.45, 2.75) is 38.8 Å². The van der Waals surface area contributed by atoms with Crippen molar-refractivity contribution in [3.63, 3.8) is 0 Å². The quantitative estimate of drug-likeness (QED) is 0.662. The minimum atomic E-state index is -0.191. The Morgan fingerprint density at radius 1 is 1.14 bits per heavy atom. The van der Waals surface area contributed by atoms with E-state index in [1.165, 1.54) is 22.2 Å². The van der Waals surface area contributed by atoms with Crippen molar-refractivity contribution in [3.05, 3.63) is 71.4 Å². The van der Waals surface area contributed by atoms with Crippen LogP contribution in [-0.2, 0) is 17.8 Å². The highest BCUT2D eigenvalue weighted by Crippen LogP contribution is 2.50. The number of aromatic nitrogens is 1. The molecule has 1 saturated heterocycles. The number of benzene rings is 2. The molecule has 3 atom stereocenters. The summed E-state index contributed by atoms with van der Waals surface area (Å²) < 4.78 is 5.73. The molecule has 1 aliphatic carbocycles. The Morgan fingerprint density at radius 2 is 1.93 bits per heavy atom. The molecule has 1 fully saturated rings. The number of carbonyl (C=O) groups excluding carboxylic acids is 1. The van der Waals surface area contributed by atoms with E-state index in [1.54, 1.807) is 0 Å². The molecule has 0 spiro atoms. The molecule has 2 heterocycles. The Morgan fingerprint density at radius 3 is 2.75 bits per heavy atom. The molecule has 5 rings (SSSR count). The maximum absolute atomic E-state index is 13.1. The Labute approximate surface area is 165 Å². The first-order valence-electron chi connectivity index (χ1n) is 10.3. The summed E-state index contributed by atoms with van der Waals surface area (Å²) in [5.41, 5.74) is 4.82. The average Bonchev–Trinajstić information content (AvgIpc) is 3.10. The number of H-pyrrole nitrogens is 1. The number of nitrogens with one attached hydrogen (secondary N) is 1. The van der Waals surface area contributed by atoms with E-state index in [4.69, 9.17) is 4.74 Å². The van der Waals surface area contributed by atoms with Crippen LogP contribution in [0, 0.1) is 11.8 Å². The van der Waals surface area contributed by atoms with Crippen LogP contribution >= 0.6 is 0 Å². The molecule has 2 aromatic carbocycles. The Kier molecular flexibility index (Phi) is 4.34. The van der Waals surface area contributed by atoms with Crippen molar-refractivity contribution in [2.24, 2.45) is 11.8 Å². The van der Waals surface area contributed by atoms with Crippen LogP contribution in [0.1, 0.15) is 42.6 Å². The Hall–Kier alpha value is -2.75. The van der Waals surface area contributed by atoms with Crippen molar-refractivity contribution < 1.29 is 9.53 Å². The molecule has 28 heavy (non-hydrogen) atoms. The van der Waals surface area contributed by atoms with Gasteiger partial charge in [0.25, 0.3) is 0 Å². The summed E-state index contributed by atoms with van der Waals surface area (Å²) in [6, 6.07) is 18.5. The standard InChI is InChI=1S/C24H26N2O2/c1-2-18-17-12-13-26(24(27)28-15-16-8-4-3-5-9-16)23(18)22-19-10-6-7-11-20(19)25-21(22)14-17/h3-11,17-18,23,25H,2,12-15H2,1H3/t17-,18?,23-/m1/s1. The van der Waals surface area contributed by atoms with Gasteiger partial charge in [0.15, 0.2) is 0 Å². The number of rotatable bonds is 3. The van der Waals surface area contributed by atoms with Crippen LogP contribution in [0.15, 0.2) is 54.6 Å². The predicted molar refractivity (Wildman–Crippen MR) is 110 cm³/mol. The maximum atomic E-state index is 13.1. The lowest BCUT2D eigenvalue weighted by Crippen LogP contribution is -2.49. The molecule has 1 N–H and O–H groups in total. The highest BCUT2D eigenvalue weighted by Gasteiger charge is 2.46. The van der Waals surface area contributed by atoms with Gasteiger partial charge in [-0.05, 0) is 36.3 Å². The molecule has 2 aliphatic rings. The molecular weight excluding hydrogens is 348 g/mol. The van der Waals surface area contributed by atoms with Crippen LogP contribution in [0.2, 0.25) is 0 Å². The maximum Gasteiger partial charge on any atom is 0.410 e. The second-order valence-electron chi connectivity index (χ2n) is 8.07. The van der Waals surface area contributed by atoms with Crippen molar-refractivity contribution in [1.82, 2.24) is 9.88 Å². The minimum absolute atomic E-state index is 0.104. The van der Waals surface area contributed by atoms with E-state index in [9.17, 15) is 4.79 Å². The second kappa shape index (κ2) is 7.01. The van der Waals surface area contributed by atoms with Gasteiger partial charge < -0.3 is 14.6 Å². The lowest BCUT2D eigenvalue weighted by molar-refractivity contribution is 0.0179. The van der Waals surface area contributed by atoms with Crippen molar-refractivity contribution in [2.75, 3.05) is 6.54 Å². The summed E-state index contributed by atoms with van der Waals surface area (Å²) in [5, 5.41) is 1.25. The van der Waals surface area contributed by atoms with E-state index in [0.717, 1.165) is 31.4 Å². The summed E-state index contributed by atoms with van der Waals surface area (Å²) in [7, 11) is 0. The minimum Gasteiger partial charge on any atom is -0.445 e. The Bertz CT molecular complexity index is 994. The molecule has 1 aromatic heterocycles. The Balaban J connectivity index is 1.48. The van der Waals surface area contributed by atoms with Gasteiger partial charge in [0.1, 0.15) is 6.61 Å². The molecule has 1 amide bonds. The molecule has 144 valence electrons. The summed E-state index contributed by atoms with van der Waals surface area (Å²) >= 11 is 0. The monoisotopic (exact) mass is 374 g/mol. The van der Waals surface area contributed by atoms with Crippen molar-refractivity contribution >= 4 is 17.0 Å². The van der Waals surface area contributed by atoms with Gasteiger partial charge >= 0.3 is 6.09 Å². The molecule has 4 nitrogen and oxygen atoms in total. The van der Waals surface area contributed by atoms with Crippen LogP contribution in [-0.4, -0.2) is 22.5 Å². The fraction of sp³-hybridized carbons (Fsp3) is 0.375. The number of hydrogen-bond donors (Lipinski definition) is 1. The van der Waals surface area contributed by atoms with E-state index < -0.39 is 0 Å². The number of piperidine rings is 1. The zero-order valence-electron chi connectivity index (χ0n) is 16.2. The first-order chi connectivity index (χ1) is 13.8. The number of ether oxygens (including phenoxy) is 1. The molecule has 1 unspecified atom stereocenters. The first-order valence-corrected chi connectivity index (χ1v) is 10.3. The lowest BCUT2D eigenvalue weighted by Gasteiger charge is -2.48. The van der Waals surface area contributed by atoms with Crippen LogP contribution in [0.5, 0.6) is 0 Å². The van der Waals surface area contributed by atoms with Crippen LogP contribution in [0.4, 0.5) is 4.79 Å². The molecular formula is C24H26N2O2. The van der Waals surface area contributed by atoms with Crippen molar-refractivity contribution in [3.8, 4) is 0 Å². The van der Waals surface area contributed by atoms with Gasteiger partial charge in [0, 0.05) is 28.7 Å². The fourth-order valence-electron chi connectivity index (χ4n) is 5.31. The number of hydrogen-bond acceptors (Lipinski definition) is 2. The van der Waals surface area contributed by atoms with Gasteiger partial charge in [-0.2, -0.15) is 0 Å². The summed E-state index contributed by atoms with van der Waals surface area (Å²) in [6.45, 7) is 3.35. The first kappa shape index (κ1) is 17.4. The molecule has 1 aliphatic heterocycles. The van der Waals surface area contributed by atoms with Crippen LogP contribution < -0.4 is 0 Å². The fourth-order valence-corrected chi connectivity index (χ4v) is 5.31. The van der Waals surface area contributed by atoms with E-state index in [1.807, 2.05) is 35.2 Å². The van der Waals surface area contributed by atoms with Gasteiger partial charge in [-0.1, -0.05) is 61.9 Å². The van der Waals surface area contributed by atoms with E-state index >= 15 is 0 Å². The number of carbonyl (C=O) groups is 1. The van der Waals surface area contributed by atoms with E-state index in [2.05, 4.69) is 36.2 Å². The summed E-state index contributed by atoms with van der Waals surface area (Å²) in [6.07, 6.45) is 3.02. The molecule has 3 aromatic rings. The topological polar surface area (TPSA) is 45.3 Å². The van der Waals surface area contributed by atoms with Crippen molar-refractivity contribution in [1.29, 1.82) is 0 Å². The number of likely N-dealkylation sites (tertiary alicyclic amines) is 1. The smallest absolute Gasteiger partial charge is 0.410 e. The number of fused-ring (bicyclic) bond motifs is 6. The predicted octanol–water partition coefficient (Wildman–Crippen LogP) is 5.45. The summed E-state index contributed by atoms with van der Waals surface area (Å²) in [4.78, 5) is 18.7. The third kappa shape index (κ3) is 2.79. The normalized spacial score (nSPS) is 23.5. The highest BCUT2D eigenvalue weighted by molar-refractivity contribution is 5.86. The van der Waals surface area contributed by atoms with E-state index in [-0.39, 0.29) is 12.1 Å². The van der Waals surface area contributed by atoms with Gasteiger partial charge in [-0.15, -0.1) is 0 Å². The number of aromatic amines is 1. The SMILES string of the molecule is CCC1[C@@H]2CCN(C(=O)OCc3ccccc3)[C@H]1c1c([nH]c3ccccc13)C2. The second-order valence-corrected chi connectivity index (χ2v) is 8.07. The highest BCUT2D eigenvalue weighted by atomic mass is 16.6. The molecule has 0 saturated carbocycles. The third-order valence-corrected chi connectivity index (χ3v) is 6.59. The number of nitrogens with zero attached hydrogens (tertiary/aromatic N) is 1. The van der Waals surface area contributed by atoms with Gasteiger partial charge in [0.05, 0.1) is 6.04 Å². The average molecular weight is 374 g/mol. The van der Waals surface area contributed by atoms with Gasteiger partial charge in [-0.3, -0.25) is 0 Å².